The highest BCUT2D eigenvalue weighted by atomic mass is 19.1. The van der Waals surface area contributed by atoms with E-state index in [1.165, 1.54) is 6.07 Å². The summed E-state index contributed by atoms with van der Waals surface area (Å²) >= 11 is 0. The van der Waals surface area contributed by atoms with Crippen LogP contribution in [0.5, 0.6) is 0 Å². The fraction of sp³-hybridized carbons (Fsp3) is 0.211. The fourth-order valence-electron chi connectivity index (χ4n) is 2.79. The van der Waals surface area contributed by atoms with Gasteiger partial charge in [-0.25, -0.2) is 4.39 Å². The van der Waals surface area contributed by atoms with Crippen molar-refractivity contribution in [1.82, 2.24) is 0 Å². The van der Waals surface area contributed by atoms with Crippen LogP contribution in [0.2, 0.25) is 0 Å². The van der Waals surface area contributed by atoms with Crippen LogP contribution in [0, 0.1) is 17.1 Å². The molecular weight excluding hydrogens is 275 g/mol. The van der Waals surface area contributed by atoms with Crippen LogP contribution >= 0.6 is 0 Å². The number of hydrogen-bond donors (Lipinski definition) is 0. The second-order valence-corrected chi connectivity index (χ2v) is 5.44. The van der Waals surface area contributed by atoms with E-state index < -0.39 is 0 Å². The van der Waals surface area contributed by atoms with E-state index in [1.807, 2.05) is 42.5 Å². The molecule has 0 aliphatic carbocycles. The van der Waals surface area contributed by atoms with Gasteiger partial charge in [0.25, 0.3) is 0 Å². The molecule has 0 unspecified atom stereocenters. The molecule has 0 atom stereocenters. The molecule has 0 saturated carbocycles. The van der Waals surface area contributed by atoms with E-state index in [1.54, 1.807) is 6.08 Å². The van der Waals surface area contributed by atoms with Gasteiger partial charge < -0.3 is 4.90 Å². The van der Waals surface area contributed by atoms with E-state index in [0.29, 0.717) is 16.8 Å². The number of rotatable bonds is 3. The quantitative estimate of drug-likeness (QED) is 0.615. The van der Waals surface area contributed by atoms with Crippen LogP contribution in [0.25, 0.3) is 11.6 Å². The molecule has 22 heavy (non-hydrogen) atoms. The summed E-state index contributed by atoms with van der Waals surface area (Å²) in [5, 5.41) is 9.32. The summed E-state index contributed by atoms with van der Waals surface area (Å²) in [5.74, 6) is -0.221. The van der Waals surface area contributed by atoms with E-state index >= 15 is 0 Å². The van der Waals surface area contributed by atoms with Crippen molar-refractivity contribution < 1.29 is 4.39 Å². The van der Waals surface area contributed by atoms with Crippen molar-refractivity contribution in [3.8, 4) is 6.07 Å². The summed E-state index contributed by atoms with van der Waals surface area (Å²) in [5.41, 5.74) is 2.75. The second kappa shape index (κ2) is 6.44. The summed E-state index contributed by atoms with van der Waals surface area (Å²) in [7, 11) is 0. The van der Waals surface area contributed by atoms with Crippen LogP contribution in [0.3, 0.4) is 0 Å². The van der Waals surface area contributed by atoms with Crippen molar-refractivity contribution in [3.05, 3.63) is 65.5 Å². The maximum Gasteiger partial charge on any atom is 0.147 e. The minimum Gasteiger partial charge on any atom is -0.369 e. The van der Waals surface area contributed by atoms with Crippen molar-refractivity contribution in [2.24, 2.45) is 0 Å². The lowest BCUT2D eigenvalue weighted by atomic mass is 10.0. The molecule has 2 aromatic carbocycles. The standard InChI is InChI=1S/C19H17FN2/c20-18-13-15(8-9-19(18)22-10-4-5-11-22)12-17(14-21)16-6-2-1-3-7-16/h1-3,6-9,12-13H,4-5,10-11H2/b17-12+. The van der Waals surface area contributed by atoms with Crippen molar-refractivity contribution >= 4 is 17.3 Å². The molecule has 0 N–H and O–H groups in total. The lowest BCUT2D eigenvalue weighted by Crippen LogP contribution is -2.18. The molecule has 1 aliphatic heterocycles. The first-order chi connectivity index (χ1) is 10.8. The van der Waals surface area contributed by atoms with Gasteiger partial charge in [-0.15, -0.1) is 0 Å². The maximum absolute atomic E-state index is 14.3. The van der Waals surface area contributed by atoms with Gasteiger partial charge in [0.15, 0.2) is 0 Å². The predicted molar refractivity (Wildman–Crippen MR) is 87.8 cm³/mol. The van der Waals surface area contributed by atoms with Gasteiger partial charge in [-0.3, -0.25) is 0 Å². The van der Waals surface area contributed by atoms with Crippen LogP contribution < -0.4 is 4.90 Å². The Labute approximate surface area is 130 Å². The molecule has 0 aromatic heterocycles. The molecule has 110 valence electrons. The first kappa shape index (κ1) is 14.3. The molecule has 1 heterocycles. The molecule has 1 fully saturated rings. The summed E-state index contributed by atoms with van der Waals surface area (Å²) in [6.45, 7) is 1.83. The van der Waals surface area contributed by atoms with Gasteiger partial charge >= 0.3 is 0 Å². The van der Waals surface area contributed by atoms with Crippen LogP contribution in [0.15, 0.2) is 48.5 Å². The monoisotopic (exact) mass is 292 g/mol. The number of nitriles is 1. The number of benzene rings is 2. The zero-order valence-corrected chi connectivity index (χ0v) is 12.3. The Balaban J connectivity index is 1.90. The predicted octanol–water partition coefficient (Wildman–Crippen LogP) is 4.49. The zero-order chi connectivity index (χ0) is 15.4. The van der Waals surface area contributed by atoms with Gasteiger partial charge in [-0.05, 0) is 42.2 Å². The van der Waals surface area contributed by atoms with Gasteiger partial charge in [0.1, 0.15) is 5.82 Å². The third-order valence-electron chi connectivity index (χ3n) is 3.93. The topological polar surface area (TPSA) is 27.0 Å². The van der Waals surface area contributed by atoms with Gasteiger partial charge in [-0.1, -0.05) is 36.4 Å². The third-order valence-corrected chi connectivity index (χ3v) is 3.93. The Hall–Kier alpha value is -2.60. The highest BCUT2D eigenvalue weighted by molar-refractivity contribution is 5.89. The van der Waals surface area contributed by atoms with Crippen molar-refractivity contribution in [3.63, 3.8) is 0 Å². The second-order valence-electron chi connectivity index (χ2n) is 5.44. The Morgan fingerprint density at radius 2 is 1.82 bits per heavy atom. The van der Waals surface area contributed by atoms with Gasteiger partial charge in [-0.2, -0.15) is 5.26 Å². The minimum absolute atomic E-state index is 0.221. The van der Waals surface area contributed by atoms with E-state index in [2.05, 4.69) is 11.0 Å². The average molecular weight is 292 g/mol. The lowest BCUT2D eigenvalue weighted by molar-refractivity contribution is 0.623. The number of anilines is 1. The van der Waals surface area contributed by atoms with Crippen LogP contribution in [0.1, 0.15) is 24.0 Å². The average Bonchev–Trinajstić information content (AvgIpc) is 3.07. The molecule has 3 rings (SSSR count). The minimum atomic E-state index is -0.221. The SMILES string of the molecule is N#C/C(=C\c1ccc(N2CCCC2)c(F)c1)c1ccccc1. The number of nitrogens with zero attached hydrogens (tertiary/aromatic N) is 2. The first-order valence-electron chi connectivity index (χ1n) is 7.49. The van der Waals surface area contributed by atoms with Gasteiger partial charge in [0, 0.05) is 13.1 Å². The molecular formula is C19H17FN2. The molecule has 2 aromatic rings. The molecule has 0 bridgehead atoms. The van der Waals surface area contributed by atoms with E-state index in [4.69, 9.17) is 0 Å². The Morgan fingerprint density at radius 3 is 2.45 bits per heavy atom. The van der Waals surface area contributed by atoms with Crippen LogP contribution in [0.4, 0.5) is 10.1 Å². The Bertz CT molecular complexity index is 723. The van der Waals surface area contributed by atoms with E-state index in [9.17, 15) is 9.65 Å². The van der Waals surface area contributed by atoms with E-state index in [0.717, 1.165) is 31.5 Å². The first-order valence-corrected chi connectivity index (χ1v) is 7.49. The van der Waals surface area contributed by atoms with Crippen molar-refractivity contribution in [2.75, 3.05) is 18.0 Å². The highest BCUT2D eigenvalue weighted by Gasteiger charge is 2.16. The summed E-state index contributed by atoms with van der Waals surface area (Å²) in [6, 6.07) is 16.8. The fourth-order valence-corrected chi connectivity index (χ4v) is 2.79. The molecule has 2 nitrogen and oxygen atoms in total. The lowest BCUT2D eigenvalue weighted by Gasteiger charge is -2.18. The largest absolute Gasteiger partial charge is 0.369 e. The number of halogens is 1. The summed E-state index contributed by atoms with van der Waals surface area (Å²) < 4.78 is 14.3. The van der Waals surface area contributed by atoms with Crippen LogP contribution in [-0.2, 0) is 0 Å². The third kappa shape index (κ3) is 3.01. The molecule has 1 saturated heterocycles. The van der Waals surface area contributed by atoms with Gasteiger partial charge in [0.2, 0.25) is 0 Å². The van der Waals surface area contributed by atoms with Gasteiger partial charge in [0.05, 0.1) is 17.3 Å². The normalized spacial score (nSPS) is 14.9. The molecule has 3 heteroatoms. The molecule has 0 spiro atoms. The summed E-state index contributed by atoms with van der Waals surface area (Å²) in [4.78, 5) is 2.07. The Kier molecular flexibility index (Phi) is 4.20. The Morgan fingerprint density at radius 1 is 1.09 bits per heavy atom. The summed E-state index contributed by atoms with van der Waals surface area (Å²) in [6.07, 6.45) is 3.97. The van der Waals surface area contributed by atoms with Crippen LogP contribution in [-0.4, -0.2) is 13.1 Å². The van der Waals surface area contributed by atoms with Crippen molar-refractivity contribution in [1.29, 1.82) is 5.26 Å². The maximum atomic E-state index is 14.3. The number of hydrogen-bond acceptors (Lipinski definition) is 2. The van der Waals surface area contributed by atoms with Crippen molar-refractivity contribution in [2.45, 2.75) is 12.8 Å². The highest BCUT2D eigenvalue weighted by Crippen LogP contribution is 2.26. The smallest absolute Gasteiger partial charge is 0.147 e. The molecule has 1 aliphatic rings. The molecule has 0 radical (unpaired) electrons. The zero-order valence-electron chi connectivity index (χ0n) is 12.3. The number of allylic oxidation sites excluding steroid dienone is 1. The van der Waals surface area contributed by atoms with E-state index in [-0.39, 0.29) is 5.82 Å². The molecule has 0 amide bonds.